The molecule has 0 radical (unpaired) electrons. The second-order valence-electron chi connectivity index (χ2n) is 4.26. The van der Waals surface area contributed by atoms with E-state index in [1.54, 1.807) is 0 Å². The zero-order valence-corrected chi connectivity index (χ0v) is 9.06. The summed E-state index contributed by atoms with van der Waals surface area (Å²) in [5, 5.41) is 0. The highest BCUT2D eigenvalue weighted by molar-refractivity contribution is 5.83. The van der Waals surface area contributed by atoms with E-state index in [4.69, 9.17) is 0 Å². The summed E-state index contributed by atoms with van der Waals surface area (Å²) in [4.78, 5) is 11.8. The van der Waals surface area contributed by atoms with Crippen molar-refractivity contribution in [3.8, 4) is 0 Å². The van der Waals surface area contributed by atoms with Crippen molar-refractivity contribution in [2.45, 2.75) is 38.0 Å². The Morgan fingerprint density at radius 3 is 2.31 bits per heavy atom. The van der Waals surface area contributed by atoms with Crippen LogP contribution in [0.2, 0.25) is 0 Å². The molecular weight excluding hydrogens is 226 g/mol. The first-order chi connectivity index (χ1) is 7.35. The van der Waals surface area contributed by atoms with Crippen LogP contribution in [-0.4, -0.2) is 36.7 Å². The monoisotopic (exact) mass is 241 g/mol. The van der Waals surface area contributed by atoms with E-state index >= 15 is 0 Å². The van der Waals surface area contributed by atoms with Gasteiger partial charge in [0.15, 0.2) is 0 Å². The normalized spacial score (nSPS) is 18.1. The number of rotatable bonds is 4. The summed E-state index contributed by atoms with van der Waals surface area (Å²) in [5.74, 6) is -6.18. The zero-order chi connectivity index (χ0) is 12.3. The van der Waals surface area contributed by atoms with E-state index in [1.165, 1.54) is 0 Å². The minimum absolute atomic E-state index is 0.140. The first kappa shape index (κ1) is 13.3. The maximum absolute atomic E-state index is 12.7. The standard InChI is InChI=1S/C10H15F4NO/c1-15(6-7-4-2-3-5-7)9(16)10(13,14)8(11)12/h7-8H,2-6H2,1H3. The van der Waals surface area contributed by atoms with Crippen LogP contribution in [0.15, 0.2) is 0 Å². The molecule has 0 N–H and O–H groups in total. The molecule has 0 unspecified atom stereocenters. The molecule has 94 valence electrons. The van der Waals surface area contributed by atoms with Gasteiger partial charge in [-0.1, -0.05) is 12.8 Å². The third-order valence-electron chi connectivity index (χ3n) is 2.91. The number of carbonyl (C=O) groups is 1. The van der Waals surface area contributed by atoms with Crippen LogP contribution in [0.4, 0.5) is 17.6 Å². The molecule has 1 rings (SSSR count). The minimum Gasteiger partial charge on any atom is -0.340 e. The van der Waals surface area contributed by atoms with Gasteiger partial charge in [-0.25, -0.2) is 8.78 Å². The number of amides is 1. The number of carbonyl (C=O) groups excluding carboxylic acids is 1. The van der Waals surface area contributed by atoms with E-state index in [0.29, 0.717) is 0 Å². The second kappa shape index (κ2) is 5.01. The number of nitrogens with zero attached hydrogens (tertiary/aromatic N) is 1. The highest BCUT2D eigenvalue weighted by atomic mass is 19.3. The predicted molar refractivity (Wildman–Crippen MR) is 50.5 cm³/mol. The van der Waals surface area contributed by atoms with Crippen LogP contribution in [-0.2, 0) is 4.79 Å². The summed E-state index contributed by atoms with van der Waals surface area (Å²) >= 11 is 0. The summed E-state index contributed by atoms with van der Waals surface area (Å²) in [6.07, 6.45) is -0.169. The van der Waals surface area contributed by atoms with Gasteiger partial charge in [-0.05, 0) is 18.8 Å². The van der Waals surface area contributed by atoms with Crippen molar-refractivity contribution >= 4 is 5.91 Å². The predicted octanol–water partition coefficient (Wildman–Crippen LogP) is 2.54. The molecule has 1 aliphatic rings. The second-order valence-corrected chi connectivity index (χ2v) is 4.26. The van der Waals surface area contributed by atoms with Gasteiger partial charge in [0.25, 0.3) is 5.91 Å². The van der Waals surface area contributed by atoms with Crippen LogP contribution in [0.25, 0.3) is 0 Å². The Morgan fingerprint density at radius 2 is 1.88 bits per heavy atom. The molecule has 0 heterocycles. The molecule has 1 saturated carbocycles. The SMILES string of the molecule is CN(CC1CCCC1)C(=O)C(F)(F)C(F)F. The van der Waals surface area contributed by atoms with Crippen molar-refractivity contribution in [1.29, 1.82) is 0 Å². The number of halogens is 4. The van der Waals surface area contributed by atoms with Crippen LogP contribution < -0.4 is 0 Å². The first-order valence-electron chi connectivity index (χ1n) is 5.27. The van der Waals surface area contributed by atoms with Crippen LogP contribution in [0.5, 0.6) is 0 Å². The summed E-state index contributed by atoms with van der Waals surface area (Å²) in [5.41, 5.74) is 0. The molecule has 0 aromatic heterocycles. The van der Waals surface area contributed by atoms with Crippen LogP contribution in [0, 0.1) is 5.92 Å². The average Bonchev–Trinajstić information content (AvgIpc) is 2.68. The van der Waals surface area contributed by atoms with Crippen molar-refractivity contribution in [2.24, 2.45) is 5.92 Å². The van der Waals surface area contributed by atoms with Crippen molar-refractivity contribution in [3.63, 3.8) is 0 Å². The van der Waals surface area contributed by atoms with E-state index < -0.39 is 18.3 Å². The van der Waals surface area contributed by atoms with Crippen molar-refractivity contribution < 1.29 is 22.4 Å². The van der Waals surface area contributed by atoms with Crippen LogP contribution >= 0.6 is 0 Å². The summed E-state index contributed by atoms with van der Waals surface area (Å²) < 4.78 is 49.3. The molecule has 0 aromatic carbocycles. The van der Waals surface area contributed by atoms with Gasteiger partial charge in [0.1, 0.15) is 0 Å². The van der Waals surface area contributed by atoms with Crippen molar-refractivity contribution in [1.82, 2.24) is 4.90 Å². The summed E-state index contributed by atoms with van der Waals surface area (Å²) in [6.45, 7) is 0.140. The van der Waals surface area contributed by atoms with Crippen molar-refractivity contribution in [3.05, 3.63) is 0 Å². The van der Waals surface area contributed by atoms with E-state index in [2.05, 4.69) is 0 Å². The quantitative estimate of drug-likeness (QED) is 0.692. The smallest absolute Gasteiger partial charge is 0.340 e. The topological polar surface area (TPSA) is 20.3 Å². The Labute approximate surface area is 91.6 Å². The fourth-order valence-electron chi connectivity index (χ4n) is 2.01. The van der Waals surface area contributed by atoms with Gasteiger partial charge in [0.05, 0.1) is 0 Å². The molecule has 6 heteroatoms. The Kier molecular flexibility index (Phi) is 4.15. The number of alkyl halides is 4. The number of hydrogen-bond donors (Lipinski definition) is 0. The molecular formula is C10H15F4NO. The lowest BCUT2D eigenvalue weighted by atomic mass is 10.1. The zero-order valence-electron chi connectivity index (χ0n) is 9.06. The van der Waals surface area contributed by atoms with E-state index in [1.807, 2.05) is 0 Å². The maximum Gasteiger partial charge on any atom is 0.383 e. The van der Waals surface area contributed by atoms with E-state index in [-0.39, 0.29) is 12.5 Å². The Bertz CT molecular complexity index is 251. The molecule has 0 bridgehead atoms. The van der Waals surface area contributed by atoms with Crippen molar-refractivity contribution in [2.75, 3.05) is 13.6 Å². The fourth-order valence-corrected chi connectivity index (χ4v) is 2.01. The molecule has 0 atom stereocenters. The van der Waals surface area contributed by atoms with Gasteiger partial charge in [0.2, 0.25) is 0 Å². The molecule has 1 fully saturated rings. The van der Waals surface area contributed by atoms with Gasteiger partial charge in [-0.15, -0.1) is 0 Å². The lowest BCUT2D eigenvalue weighted by molar-refractivity contribution is -0.179. The highest BCUT2D eigenvalue weighted by Gasteiger charge is 2.50. The van der Waals surface area contributed by atoms with Crippen LogP contribution in [0.1, 0.15) is 25.7 Å². The highest BCUT2D eigenvalue weighted by Crippen LogP contribution is 2.28. The van der Waals surface area contributed by atoms with Gasteiger partial charge in [0, 0.05) is 13.6 Å². The lowest BCUT2D eigenvalue weighted by Gasteiger charge is -2.25. The van der Waals surface area contributed by atoms with Gasteiger partial charge >= 0.3 is 12.3 Å². The van der Waals surface area contributed by atoms with E-state index in [9.17, 15) is 22.4 Å². The fraction of sp³-hybridized carbons (Fsp3) is 0.900. The van der Waals surface area contributed by atoms with Crippen LogP contribution in [0.3, 0.4) is 0 Å². The molecule has 2 nitrogen and oxygen atoms in total. The van der Waals surface area contributed by atoms with Gasteiger partial charge < -0.3 is 4.90 Å². The molecule has 0 aromatic rings. The Morgan fingerprint density at radius 1 is 1.38 bits per heavy atom. The first-order valence-corrected chi connectivity index (χ1v) is 5.27. The Balaban J connectivity index is 2.52. The summed E-state index contributed by atoms with van der Waals surface area (Å²) in [6, 6.07) is 0. The largest absolute Gasteiger partial charge is 0.383 e. The molecule has 0 saturated heterocycles. The molecule has 16 heavy (non-hydrogen) atoms. The van der Waals surface area contributed by atoms with E-state index in [0.717, 1.165) is 37.6 Å². The number of hydrogen-bond acceptors (Lipinski definition) is 1. The van der Waals surface area contributed by atoms with Gasteiger partial charge in [-0.3, -0.25) is 4.79 Å². The maximum atomic E-state index is 12.7. The molecule has 0 aliphatic heterocycles. The molecule has 1 amide bonds. The lowest BCUT2D eigenvalue weighted by Crippen LogP contribution is -2.47. The Hall–Kier alpha value is -0.810. The molecule has 0 spiro atoms. The average molecular weight is 241 g/mol. The minimum atomic E-state index is -4.56. The third kappa shape index (κ3) is 2.86. The third-order valence-corrected chi connectivity index (χ3v) is 2.91. The van der Waals surface area contributed by atoms with Gasteiger partial charge in [-0.2, -0.15) is 8.78 Å². The molecule has 1 aliphatic carbocycles. The summed E-state index contributed by atoms with van der Waals surface area (Å²) in [7, 11) is 1.15.